The predicted molar refractivity (Wildman–Crippen MR) is 141 cm³/mol. The number of hydrogen-bond donors (Lipinski definition) is 6. The van der Waals surface area contributed by atoms with Crippen LogP contribution < -0.4 is 16.1 Å². The maximum absolute atomic E-state index is 13.9. The van der Waals surface area contributed by atoms with Gasteiger partial charge in [-0.3, -0.25) is 30.5 Å². The number of hydrogen-bond acceptors (Lipinski definition) is 8. The molecule has 0 atom stereocenters. The maximum Gasteiger partial charge on any atom is 0.275 e. The van der Waals surface area contributed by atoms with Crippen LogP contribution in [0.5, 0.6) is 5.75 Å². The van der Waals surface area contributed by atoms with E-state index in [-0.39, 0.29) is 45.3 Å². The number of pyridine rings is 1. The van der Waals surface area contributed by atoms with Gasteiger partial charge < -0.3 is 20.3 Å². The largest absolute Gasteiger partial charge is 0.503 e. The zero-order chi connectivity index (χ0) is 28.2. The van der Waals surface area contributed by atoms with Crippen molar-refractivity contribution < 1.29 is 23.5 Å². The highest BCUT2D eigenvalue weighted by Crippen LogP contribution is 2.32. The monoisotopic (exact) mass is 548 g/mol. The second-order valence-electron chi connectivity index (χ2n) is 9.14. The average molecular weight is 549 g/mol. The minimum Gasteiger partial charge on any atom is -0.503 e. The molecule has 10 nitrogen and oxygen atoms in total. The van der Waals surface area contributed by atoms with Crippen molar-refractivity contribution in [3.63, 3.8) is 0 Å². The first kappa shape index (κ1) is 29.0. The smallest absolute Gasteiger partial charge is 0.275 e. The molecule has 1 aliphatic rings. The summed E-state index contributed by atoms with van der Waals surface area (Å²) in [5.74, 6) is -3.21. The molecule has 0 aliphatic heterocycles. The average Bonchev–Trinajstić information content (AvgIpc) is 2.86. The number of aromatic amines is 1. The van der Waals surface area contributed by atoms with Gasteiger partial charge >= 0.3 is 0 Å². The number of carbonyl (C=O) groups is 2. The van der Waals surface area contributed by atoms with E-state index in [0.29, 0.717) is 43.5 Å². The van der Waals surface area contributed by atoms with Crippen molar-refractivity contribution in [2.75, 3.05) is 14.1 Å². The molecule has 1 aliphatic carbocycles. The molecule has 1 fully saturated rings. The summed E-state index contributed by atoms with van der Waals surface area (Å²) in [6, 6.07) is 2.94. The van der Waals surface area contributed by atoms with Crippen molar-refractivity contribution in [3.8, 4) is 5.75 Å². The van der Waals surface area contributed by atoms with Gasteiger partial charge in [-0.1, -0.05) is 17.8 Å². The summed E-state index contributed by atoms with van der Waals surface area (Å²) in [6.07, 6.45) is 3.20. The quantitative estimate of drug-likeness (QED) is 0.177. The molecule has 1 heterocycles. The minimum atomic E-state index is -0.966. The molecule has 2 aromatic rings. The Bertz CT molecular complexity index is 1320. The van der Waals surface area contributed by atoms with Crippen LogP contribution in [0.2, 0.25) is 0 Å². The highest BCUT2D eigenvalue weighted by molar-refractivity contribution is 8.26. The fourth-order valence-electron chi connectivity index (χ4n) is 4.55. The first-order valence-electron chi connectivity index (χ1n) is 11.9. The van der Waals surface area contributed by atoms with Gasteiger partial charge in [-0.05, 0) is 44.4 Å². The van der Waals surface area contributed by atoms with Crippen LogP contribution in [0.3, 0.4) is 0 Å². The Labute approximate surface area is 222 Å². The van der Waals surface area contributed by atoms with E-state index in [1.807, 2.05) is 0 Å². The molecule has 3 rings (SSSR count). The second kappa shape index (κ2) is 11.9. The molecule has 38 heavy (non-hydrogen) atoms. The number of thioether (sulfide) groups is 1. The van der Waals surface area contributed by atoms with Gasteiger partial charge in [0, 0.05) is 38.7 Å². The van der Waals surface area contributed by atoms with Crippen LogP contribution in [0.15, 0.2) is 29.2 Å². The lowest BCUT2D eigenvalue weighted by molar-refractivity contribution is -0.120. The highest BCUT2D eigenvalue weighted by atomic mass is 32.2. The molecule has 0 bridgehead atoms. The maximum atomic E-state index is 13.9. The first-order chi connectivity index (χ1) is 17.9. The second-order valence-corrected chi connectivity index (χ2v) is 10.2. The van der Waals surface area contributed by atoms with Crippen LogP contribution in [0.25, 0.3) is 0 Å². The normalized spacial score (nSPS) is 19.0. The van der Waals surface area contributed by atoms with E-state index in [4.69, 9.17) is 10.8 Å². The molecule has 1 aromatic carbocycles. The molecular weight excluding hydrogens is 518 g/mol. The van der Waals surface area contributed by atoms with E-state index in [1.165, 1.54) is 17.9 Å². The number of rotatable bonds is 7. The predicted octanol–water partition coefficient (Wildman–Crippen LogP) is 2.70. The number of benzene rings is 1. The van der Waals surface area contributed by atoms with Crippen molar-refractivity contribution >= 4 is 33.7 Å². The van der Waals surface area contributed by atoms with Crippen molar-refractivity contribution in [2.45, 2.75) is 50.7 Å². The van der Waals surface area contributed by atoms with Gasteiger partial charge in [0.2, 0.25) is 11.3 Å². The topological polar surface area (TPSA) is 162 Å². The third-order valence-corrected chi connectivity index (χ3v) is 7.55. The van der Waals surface area contributed by atoms with E-state index in [9.17, 15) is 28.3 Å². The van der Waals surface area contributed by atoms with Crippen LogP contribution in [-0.2, 0) is 11.2 Å². The van der Waals surface area contributed by atoms with Gasteiger partial charge in [0.15, 0.2) is 11.4 Å². The Morgan fingerprint density at radius 1 is 1.26 bits per heavy atom. The third kappa shape index (κ3) is 6.27. The van der Waals surface area contributed by atoms with E-state index >= 15 is 0 Å². The Morgan fingerprint density at radius 3 is 2.50 bits per heavy atom. The van der Waals surface area contributed by atoms with Crippen LogP contribution in [0.4, 0.5) is 8.78 Å². The number of carbonyl (C=O) groups excluding carboxylic acids is 2. The molecule has 204 valence electrons. The van der Waals surface area contributed by atoms with E-state index in [1.54, 1.807) is 14.1 Å². The van der Waals surface area contributed by atoms with Gasteiger partial charge in [-0.25, -0.2) is 8.78 Å². The van der Waals surface area contributed by atoms with E-state index in [0.717, 1.165) is 12.3 Å². The van der Waals surface area contributed by atoms with E-state index < -0.39 is 34.4 Å². The van der Waals surface area contributed by atoms with Crippen molar-refractivity contribution in [3.05, 3.63) is 63.1 Å². The van der Waals surface area contributed by atoms with E-state index in [2.05, 4.69) is 15.6 Å². The zero-order valence-electron chi connectivity index (χ0n) is 21.2. The number of aromatic nitrogens is 1. The third-order valence-electron chi connectivity index (χ3n) is 6.74. The van der Waals surface area contributed by atoms with Crippen molar-refractivity contribution in [1.82, 2.24) is 20.5 Å². The lowest BCUT2D eigenvalue weighted by Crippen LogP contribution is -2.61. The van der Waals surface area contributed by atoms with Gasteiger partial charge in [0.05, 0.1) is 16.3 Å². The number of amides is 2. The van der Waals surface area contributed by atoms with Gasteiger partial charge in [-0.15, -0.1) is 0 Å². The van der Waals surface area contributed by atoms with Gasteiger partial charge in [0.25, 0.3) is 5.91 Å². The van der Waals surface area contributed by atoms with Crippen LogP contribution in [0, 0.1) is 22.5 Å². The number of aromatic hydroxyl groups is 1. The van der Waals surface area contributed by atoms with Crippen LogP contribution >= 0.6 is 11.8 Å². The number of H-pyrrole nitrogens is 1. The fraction of sp³-hybridized carbons (Fsp3) is 0.400. The standard InChI is InChI=1S/C25H30F2N6O4S/c1-13(34)32-16-6-8-25(30-2,9-7-16)33(3)24(37)20-22(36)21(35)17(12-31-20)23(29)38-19(28)10-14-4-5-15(26)11-18(14)27/h4-5,11-12,16,28-30,36H,6-10H2,1-3H3,(H,31,35)(H,32,34). The Kier molecular flexibility index (Phi) is 9.05. The molecule has 1 saturated carbocycles. The summed E-state index contributed by atoms with van der Waals surface area (Å²) >= 11 is 0.574. The Hall–Kier alpha value is -3.58. The minimum absolute atomic E-state index is 0.00763. The lowest BCUT2D eigenvalue weighted by atomic mass is 9.84. The molecule has 13 heteroatoms. The van der Waals surface area contributed by atoms with Gasteiger partial charge in [0.1, 0.15) is 16.7 Å². The molecule has 0 unspecified atom stereocenters. The number of halogens is 2. The molecule has 2 amide bonds. The molecule has 0 spiro atoms. The SMILES string of the molecule is CNC1(N(C)C(=O)c2[nH]cc(C(=N)SC(=N)Cc3ccc(F)cc3F)c(=O)c2O)CCC(NC(C)=O)CC1. The fourth-order valence-corrected chi connectivity index (χ4v) is 5.28. The number of nitrogens with zero attached hydrogens (tertiary/aromatic N) is 1. The summed E-state index contributed by atoms with van der Waals surface area (Å²) in [7, 11) is 3.26. The molecule has 1 aromatic heterocycles. The Balaban J connectivity index is 1.73. The first-order valence-corrected chi connectivity index (χ1v) is 12.7. The summed E-state index contributed by atoms with van der Waals surface area (Å²) in [5.41, 5.74) is -2.29. The molecule has 0 radical (unpaired) electrons. The van der Waals surface area contributed by atoms with Crippen LogP contribution in [0.1, 0.15) is 54.2 Å². The van der Waals surface area contributed by atoms with Crippen molar-refractivity contribution in [1.29, 1.82) is 10.8 Å². The van der Waals surface area contributed by atoms with Crippen molar-refractivity contribution in [2.24, 2.45) is 0 Å². The Morgan fingerprint density at radius 2 is 1.92 bits per heavy atom. The molecule has 0 saturated heterocycles. The summed E-state index contributed by atoms with van der Waals surface area (Å²) < 4.78 is 27.0. The number of nitrogens with one attached hydrogen (secondary N) is 5. The summed E-state index contributed by atoms with van der Waals surface area (Å²) in [4.78, 5) is 41.5. The van der Waals surface area contributed by atoms with Gasteiger partial charge in [-0.2, -0.15) is 0 Å². The summed E-state index contributed by atoms with van der Waals surface area (Å²) in [5, 5.41) is 32.3. The highest BCUT2D eigenvalue weighted by Gasteiger charge is 2.41. The molecular formula is C25H30F2N6O4S. The lowest BCUT2D eigenvalue weighted by Gasteiger charge is -2.46. The molecule has 6 N–H and O–H groups in total. The summed E-state index contributed by atoms with van der Waals surface area (Å²) in [6.45, 7) is 1.45. The zero-order valence-corrected chi connectivity index (χ0v) is 22.0. The van der Waals surface area contributed by atoms with Crippen LogP contribution in [-0.4, -0.2) is 62.7 Å².